The summed E-state index contributed by atoms with van der Waals surface area (Å²) in [5.74, 6) is 0. The molecule has 0 radical (unpaired) electrons. The summed E-state index contributed by atoms with van der Waals surface area (Å²) in [5, 5.41) is 7.38. The van der Waals surface area contributed by atoms with Gasteiger partial charge < -0.3 is 9.32 Å². The molecule has 0 bridgehead atoms. The summed E-state index contributed by atoms with van der Waals surface area (Å²) in [5.41, 5.74) is 10.1. The number of fused-ring (bicyclic) bond motifs is 9. The van der Waals surface area contributed by atoms with Crippen molar-refractivity contribution >= 4 is 102 Å². The fourth-order valence-corrected chi connectivity index (χ4v) is 10.3. The highest BCUT2D eigenvalue weighted by molar-refractivity contribution is 7.27. The first-order valence-corrected chi connectivity index (χ1v) is 19.1. The van der Waals surface area contributed by atoms with E-state index in [-0.39, 0.29) is 0 Å². The molecular weight excluding hydrogens is 671 g/mol. The van der Waals surface area contributed by atoms with E-state index in [2.05, 4.69) is 169 Å². The Balaban J connectivity index is 1.14. The average molecular weight is 700 g/mol. The van der Waals surface area contributed by atoms with E-state index >= 15 is 0 Å². The Labute approximate surface area is 308 Å². The van der Waals surface area contributed by atoms with Gasteiger partial charge in [0, 0.05) is 63.9 Å². The van der Waals surface area contributed by atoms with Gasteiger partial charge in [-0.05, 0) is 64.7 Å². The van der Waals surface area contributed by atoms with Gasteiger partial charge in [-0.15, -0.1) is 22.7 Å². The highest BCUT2D eigenvalue weighted by Gasteiger charge is 2.21. The molecule has 2 nitrogen and oxygen atoms in total. The third-order valence-electron chi connectivity index (χ3n) is 10.3. The molecule has 0 saturated carbocycles. The topological polar surface area (TPSA) is 16.4 Å². The van der Waals surface area contributed by atoms with E-state index in [1.165, 1.54) is 62.6 Å². The van der Waals surface area contributed by atoms with E-state index in [0.717, 1.165) is 39.0 Å². The first kappa shape index (κ1) is 29.5. The van der Waals surface area contributed by atoms with Gasteiger partial charge in [0.15, 0.2) is 0 Å². The fraction of sp³-hybridized carbons (Fsp3) is 0. The van der Waals surface area contributed by atoms with Crippen LogP contribution < -0.4 is 4.90 Å². The summed E-state index contributed by atoms with van der Waals surface area (Å²) in [7, 11) is 0. The molecule has 11 rings (SSSR count). The second kappa shape index (κ2) is 11.7. The molecule has 0 aliphatic rings. The molecule has 0 saturated heterocycles. The monoisotopic (exact) mass is 699 g/mol. The van der Waals surface area contributed by atoms with Gasteiger partial charge in [-0.25, -0.2) is 0 Å². The molecule has 8 aromatic carbocycles. The van der Waals surface area contributed by atoms with E-state index in [4.69, 9.17) is 4.42 Å². The van der Waals surface area contributed by atoms with Crippen LogP contribution in [0.4, 0.5) is 17.1 Å². The van der Waals surface area contributed by atoms with Crippen molar-refractivity contribution in [2.45, 2.75) is 0 Å². The van der Waals surface area contributed by atoms with Gasteiger partial charge in [0.05, 0.1) is 10.4 Å². The van der Waals surface area contributed by atoms with Gasteiger partial charge in [0.1, 0.15) is 11.2 Å². The maximum Gasteiger partial charge on any atom is 0.137 e. The minimum atomic E-state index is 0.884. The Hall–Kier alpha value is -6.20. The summed E-state index contributed by atoms with van der Waals surface area (Å²) in [6.45, 7) is 0. The van der Waals surface area contributed by atoms with Crippen molar-refractivity contribution in [2.75, 3.05) is 4.90 Å². The van der Waals surface area contributed by atoms with E-state index in [1.54, 1.807) is 0 Å². The molecule has 4 heteroatoms. The van der Waals surface area contributed by atoms with E-state index in [9.17, 15) is 0 Å². The Morgan fingerprint density at radius 3 is 1.81 bits per heavy atom. The zero-order valence-corrected chi connectivity index (χ0v) is 29.5. The minimum Gasteiger partial charge on any atom is -0.456 e. The smallest absolute Gasteiger partial charge is 0.137 e. The van der Waals surface area contributed by atoms with Crippen LogP contribution in [-0.2, 0) is 0 Å². The van der Waals surface area contributed by atoms with Crippen LogP contribution >= 0.6 is 22.7 Å². The quantitative estimate of drug-likeness (QED) is 0.178. The van der Waals surface area contributed by atoms with Gasteiger partial charge in [-0.2, -0.15) is 0 Å². The first-order valence-electron chi connectivity index (χ1n) is 17.5. The lowest BCUT2D eigenvalue weighted by molar-refractivity contribution is 0.669. The molecule has 0 unspecified atom stereocenters. The molecule has 3 heterocycles. The van der Waals surface area contributed by atoms with E-state index in [0.29, 0.717) is 0 Å². The predicted octanol–water partition coefficient (Wildman–Crippen LogP) is 15.1. The van der Waals surface area contributed by atoms with Crippen molar-refractivity contribution in [1.29, 1.82) is 0 Å². The van der Waals surface area contributed by atoms with Crippen molar-refractivity contribution in [3.8, 4) is 22.3 Å². The normalized spacial score (nSPS) is 11.8. The fourth-order valence-electron chi connectivity index (χ4n) is 7.82. The lowest BCUT2D eigenvalue weighted by atomic mass is 10.0. The molecule has 11 aromatic rings. The molecule has 0 aliphatic heterocycles. The molecule has 0 spiro atoms. The summed E-state index contributed by atoms with van der Waals surface area (Å²) in [4.78, 5) is 2.42. The minimum absolute atomic E-state index is 0.884. The van der Waals surface area contributed by atoms with Crippen molar-refractivity contribution in [3.05, 3.63) is 176 Å². The predicted molar refractivity (Wildman–Crippen MR) is 225 cm³/mol. The zero-order valence-electron chi connectivity index (χ0n) is 27.9. The number of furan rings is 1. The van der Waals surface area contributed by atoms with Crippen molar-refractivity contribution in [1.82, 2.24) is 0 Å². The SMILES string of the molecule is c1ccc(-c2ccc3c(c2)sc2cc(N(c4ccc5c(c4)oc4ccccc45)c4cccc5c4sc4c(-c6ccccc6)cccc45)ccc23)cc1. The molecule has 0 amide bonds. The highest BCUT2D eigenvalue weighted by Crippen LogP contribution is 2.49. The summed E-state index contributed by atoms with van der Waals surface area (Å²) >= 11 is 3.74. The number of para-hydroxylation sites is 1. The first-order chi connectivity index (χ1) is 25.8. The maximum absolute atomic E-state index is 6.45. The third kappa shape index (κ3) is 4.62. The van der Waals surface area contributed by atoms with Gasteiger partial charge in [-0.3, -0.25) is 0 Å². The van der Waals surface area contributed by atoms with Gasteiger partial charge >= 0.3 is 0 Å². The van der Waals surface area contributed by atoms with Crippen LogP contribution in [0.25, 0.3) is 84.5 Å². The van der Waals surface area contributed by atoms with Crippen LogP contribution in [-0.4, -0.2) is 0 Å². The van der Waals surface area contributed by atoms with Gasteiger partial charge in [0.25, 0.3) is 0 Å². The molecule has 52 heavy (non-hydrogen) atoms. The highest BCUT2D eigenvalue weighted by atomic mass is 32.1. The Bertz CT molecular complexity index is 3130. The molecular formula is C48H29NOS2. The van der Waals surface area contributed by atoms with Crippen LogP contribution in [0.15, 0.2) is 180 Å². The molecule has 0 fully saturated rings. The number of benzene rings is 8. The number of hydrogen-bond acceptors (Lipinski definition) is 4. The maximum atomic E-state index is 6.45. The lowest BCUT2D eigenvalue weighted by Crippen LogP contribution is -2.09. The van der Waals surface area contributed by atoms with Crippen LogP contribution in [0.3, 0.4) is 0 Å². The van der Waals surface area contributed by atoms with Crippen LogP contribution in [0, 0.1) is 0 Å². The summed E-state index contributed by atoms with van der Waals surface area (Å²) in [6.07, 6.45) is 0. The Morgan fingerprint density at radius 1 is 0.365 bits per heavy atom. The third-order valence-corrected chi connectivity index (χ3v) is 12.7. The average Bonchev–Trinajstić information content (AvgIpc) is 3.89. The van der Waals surface area contributed by atoms with E-state index < -0.39 is 0 Å². The number of rotatable bonds is 5. The molecule has 3 aromatic heterocycles. The van der Waals surface area contributed by atoms with Crippen molar-refractivity contribution in [3.63, 3.8) is 0 Å². The van der Waals surface area contributed by atoms with Crippen molar-refractivity contribution < 1.29 is 4.42 Å². The standard InChI is InChI=1S/C48H29NOS2/c1-3-11-30(12-4-1)32-21-24-38-39-26-23-34(29-46(39)51-45(38)27-32)49(33-22-25-37-36-15-7-8-20-43(36)50-44(37)28-33)42-19-10-18-41-40-17-9-16-35(47(40)52-48(41)42)31-13-5-2-6-14-31/h1-29H. The lowest BCUT2D eigenvalue weighted by Gasteiger charge is -2.26. The molecule has 244 valence electrons. The Morgan fingerprint density at radius 2 is 0.981 bits per heavy atom. The molecule has 0 aliphatic carbocycles. The second-order valence-corrected chi connectivity index (χ2v) is 15.4. The number of nitrogens with zero attached hydrogens (tertiary/aromatic N) is 1. The van der Waals surface area contributed by atoms with E-state index in [1.807, 2.05) is 34.8 Å². The van der Waals surface area contributed by atoms with Gasteiger partial charge in [0.2, 0.25) is 0 Å². The number of thiophene rings is 2. The summed E-state index contributed by atoms with van der Waals surface area (Å²) < 4.78 is 11.6. The largest absolute Gasteiger partial charge is 0.456 e. The number of hydrogen-bond donors (Lipinski definition) is 0. The second-order valence-electron chi connectivity index (χ2n) is 13.3. The van der Waals surface area contributed by atoms with Crippen molar-refractivity contribution in [2.24, 2.45) is 0 Å². The zero-order chi connectivity index (χ0) is 34.2. The van der Waals surface area contributed by atoms with Crippen LogP contribution in [0.5, 0.6) is 0 Å². The molecule has 0 N–H and O–H groups in total. The summed E-state index contributed by atoms with van der Waals surface area (Å²) in [6, 6.07) is 63.6. The van der Waals surface area contributed by atoms with Crippen LogP contribution in [0.2, 0.25) is 0 Å². The van der Waals surface area contributed by atoms with Gasteiger partial charge in [-0.1, -0.05) is 127 Å². The molecule has 0 atom stereocenters. The van der Waals surface area contributed by atoms with Crippen LogP contribution in [0.1, 0.15) is 0 Å². The number of anilines is 3. The Kier molecular flexibility index (Phi) is 6.63.